The number of hydrogen-bond donors (Lipinski definition) is 0. The zero-order chi connectivity index (χ0) is 43.2. The Bertz CT molecular complexity index is 4600. The van der Waals surface area contributed by atoms with Crippen LogP contribution in [0.1, 0.15) is 0 Å². The molecule has 15 rings (SSSR count). The third kappa shape index (κ3) is 4.70. The number of rotatable bonds is 4. The van der Waals surface area contributed by atoms with Crippen molar-refractivity contribution in [2.24, 2.45) is 0 Å². The molecule has 0 aliphatic rings. The summed E-state index contributed by atoms with van der Waals surface area (Å²) in [7, 11) is 0. The third-order valence-corrected chi connectivity index (χ3v) is 14.2. The van der Waals surface area contributed by atoms with Gasteiger partial charge in [0.25, 0.3) is 5.56 Å². The minimum absolute atomic E-state index is 0.00424. The summed E-state index contributed by atoms with van der Waals surface area (Å²) in [6.07, 6.45) is 0. The molecular weight excluding hydrogens is 807 g/mol. The number of hydrogen-bond acceptors (Lipinski definition) is 2. The summed E-state index contributed by atoms with van der Waals surface area (Å²) in [6, 6.07) is 75.5. The molecule has 0 spiro atoms. The predicted octanol–water partition coefficient (Wildman–Crippen LogP) is 15.6. The van der Waals surface area contributed by atoms with Gasteiger partial charge in [0.15, 0.2) is 0 Å². The molecule has 0 saturated carbocycles. The van der Waals surface area contributed by atoms with E-state index in [1.54, 1.807) is 0 Å². The molecule has 0 N–H and O–H groups in total. The lowest BCUT2D eigenvalue weighted by Crippen LogP contribution is -2.13. The fourth-order valence-corrected chi connectivity index (χ4v) is 11.4. The maximum atomic E-state index is 14.3. The van der Waals surface area contributed by atoms with Crippen LogP contribution >= 0.6 is 0 Å². The second-order valence-electron chi connectivity index (χ2n) is 17.6. The lowest BCUT2D eigenvalue weighted by atomic mass is 9.92. The van der Waals surface area contributed by atoms with Crippen molar-refractivity contribution in [2.75, 3.05) is 0 Å². The summed E-state index contributed by atoms with van der Waals surface area (Å²) in [5, 5.41) is 11.8. The monoisotopic (exact) mass is 841 g/mol. The van der Waals surface area contributed by atoms with Gasteiger partial charge in [-0.15, -0.1) is 0 Å². The van der Waals surface area contributed by atoms with Crippen molar-refractivity contribution in [3.05, 3.63) is 223 Å². The van der Waals surface area contributed by atoms with Gasteiger partial charge >= 0.3 is 0 Å². The Morgan fingerprint density at radius 2 is 0.879 bits per heavy atom. The van der Waals surface area contributed by atoms with Gasteiger partial charge in [0.2, 0.25) is 0 Å². The molecule has 0 atom stereocenters. The Labute approximate surface area is 376 Å². The molecule has 15 aromatic rings. The summed E-state index contributed by atoms with van der Waals surface area (Å²) < 4.78 is 13.4. The molecule has 0 fully saturated rings. The van der Waals surface area contributed by atoms with Gasteiger partial charge in [-0.1, -0.05) is 127 Å². The Hall–Kier alpha value is -8.93. The van der Waals surface area contributed by atoms with Crippen molar-refractivity contribution in [1.82, 2.24) is 13.5 Å². The molecule has 0 amide bonds. The maximum absolute atomic E-state index is 14.3. The van der Waals surface area contributed by atoms with Crippen molar-refractivity contribution < 1.29 is 4.42 Å². The van der Waals surface area contributed by atoms with Crippen LogP contribution in [-0.2, 0) is 0 Å². The highest BCUT2D eigenvalue weighted by molar-refractivity contribution is 6.26. The van der Waals surface area contributed by atoms with Gasteiger partial charge in [-0.05, 0) is 113 Å². The fraction of sp³-hybridized carbons (Fsp3) is 0. The van der Waals surface area contributed by atoms with Crippen molar-refractivity contribution in [2.45, 2.75) is 0 Å². The van der Waals surface area contributed by atoms with Gasteiger partial charge in [0.1, 0.15) is 11.2 Å². The van der Waals surface area contributed by atoms with E-state index in [0.29, 0.717) is 5.39 Å². The minimum atomic E-state index is 0.00424. The van der Waals surface area contributed by atoms with Gasteiger partial charge < -0.3 is 13.6 Å². The largest absolute Gasteiger partial charge is 0.456 e. The number of nitrogens with zero attached hydrogens (tertiary/aromatic N) is 3. The zero-order valence-corrected chi connectivity index (χ0v) is 35.4. The summed E-state index contributed by atoms with van der Waals surface area (Å²) in [6.45, 7) is 0. The zero-order valence-electron chi connectivity index (χ0n) is 35.4. The minimum Gasteiger partial charge on any atom is -0.456 e. The number of fused-ring (bicyclic) bond motifs is 14. The van der Waals surface area contributed by atoms with E-state index in [-0.39, 0.29) is 5.56 Å². The summed E-state index contributed by atoms with van der Waals surface area (Å²) in [5.41, 5.74) is 14.9. The van der Waals surface area contributed by atoms with Gasteiger partial charge in [-0.2, -0.15) is 0 Å². The van der Waals surface area contributed by atoms with Crippen LogP contribution in [0.2, 0.25) is 0 Å². The molecule has 5 heterocycles. The Balaban J connectivity index is 0.931. The molecule has 0 radical (unpaired) electrons. The van der Waals surface area contributed by atoms with Gasteiger partial charge in [-0.25, -0.2) is 0 Å². The summed E-state index contributed by atoms with van der Waals surface area (Å²) >= 11 is 0. The van der Waals surface area contributed by atoms with Crippen LogP contribution in [0.25, 0.3) is 137 Å². The second-order valence-corrected chi connectivity index (χ2v) is 17.6. The number of benzene rings is 10. The van der Waals surface area contributed by atoms with Crippen molar-refractivity contribution in [3.63, 3.8) is 0 Å². The summed E-state index contributed by atoms with van der Waals surface area (Å²) in [5.74, 6) is 0. The molecule has 5 nitrogen and oxygen atoms in total. The lowest BCUT2D eigenvalue weighted by Gasteiger charge is -2.13. The van der Waals surface area contributed by atoms with Crippen LogP contribution in [0.15, 0.2) is 222 Å². The molecular formula is C61H35N3O2. The van der Waals surface area contributed by atoms with Crippen LogP contribution in [-0.4, -0.2) is 13.5 Å². The predicted molar refractivity (Wildman–Crippen MR) is 274 cm³/mol. The molecule has 306 valence electrons. The topological polar surface area (TPSA) is 44.5 Å². The normalized spacial score (nSPS) is 12.3. The van der Waals surface area contributed by atoms with Gasteiger partial charge in [0, 0.05) is 65.2 Å². The Morgan fingerprint density at radius 1 is 0.318 bits per heavy atom. The number of aromatic nitrogens is 3. The average molecular weight is 842 g/mol. The van der Waals surface area contributed by atoms with Crippen LogP contribution in [0, 0.1) is 0 Å². The number of pyridine rings is 1. The van der Waals surface area contributed by atoms with Crippen molar-refractivity contribution >= 4 is 104 Å². The van der Waals surface area contributed by atoms with Gasteiger partial charge in [-0.3, -0.25) is 9.20 Å². The van der Waals surface area contributed by atoms with E-state index in [2.05, 4.69) is 191 Å². The Morgan fingerprint density at radius 3 is 1.58 bits per heavy atom. The first kappa shape index (κ1) is 35.5. The van der Waals surface area contributed by atoms with Crippen molar-refractivity contribution in [1.29, 1.82) is 0 Å². The fourth-order valence-electron chi connectivity index (χ4n) is 11.4. The molecule has 5 aromatic heterocycles. The van der Waals surface area contributed by atoms with E-state index < -0.39 is 0 Å². The molecule has 66 heavy (non-hydrogen) atoms. The second kappa shape index (κ2) is 13.1. The standard InChI is InChI=1S/C61H35N3O2/c65-61-47-19-5-4-18-44(47)59-45(28-29-46-40-15-6-11-23-53(40)64(61)60(46)59)43-20-12-24-57-58(43)50-35-39(27-32-56(50)66-57)63-52-22-10-8-17-42(52)49-34-37(26-31-55(49)63)36-25-30-54-48(33-36)41-16-7-9-21-51(41)62(54)38-13-2-1-3-14-38/h1-35H. The maximum Gasteiger partial charge on any atom is 0.263 e. The molecule has 0 aliphatic heterocycles. The lowest BCUT2D eigenvalue weighted by molar-refractivity contribution is 0.669. The highest BCUT2D eigenvalue weighted by Gasteiger charge is 2.23. The van der Waals surface area contributed by atoms with Gasteiger partial charge in [0.05, 0.1) is 33.1 Å². The van der Waals surface area contributed by atoms with Crippen LogP contribution in [0.5, 0.6) is 0 Å². The quantitative estimate of drug-likeness (QED) is 0.166. The van der Waals surface area contributed by atoms with E-state index >= 15 is 0 Å². The molecule has 0 unspecified atom stereocenters. The first-order valence-electron chi connectivity index (χ1n) is 22.5. The van der Waals surface area contributed by atoms with Crippen molar-refractivity contribution in [3.8, 4) is 33.6 Å². The molecule has 0 aliphatic carbocycles. The smallest absolute Gasteiger partial charge is 0.263 e. The van der Waals surface area contributed by atoms with E-state index in [1.807, 2.05) is 34.7 Å². The van der Waals surface area contributed by atoms with E-state index in [4.69, 9.17) is 4.42 Å². The Kier molecular flexibility index (Phi) is 7.03. The molecule has 5 heteroatoms. The molecule has 0 saturated heterocycles. The number of para-hydroxylation sites is 4. The SMILES string of the molecule is O=c1c2ccccc2c2c(-c3cccc4oc5ccc(-n6c7ccccc7c7cc(-c8ccc9c(c8)c8ccccc8n9-c8ccccc8)ccc76)cc5c34)ccc3c4ccccc4n1c32. The summed E-state index contributed by atoms with van der Waals surface area (Å²) in [4.78, 5) is 14.3. The van der Waals surface area contributed by atoms with Crippen LogP contribution in [0.4, 0.5) is 0 Å². The average Bonchev–Trinajstić information content (AvgIpc) is 4.12. The first-order valence-corrected chi connectivity index (χ1v) is 22.5. The number of furan rings is 1. The van der Waals surface area contributed by atoms with E-state index in [9.17, 15) is 4.79 Å². The highest BCUT2D eigenvalue weighted by atomic mass is 16.3. The van der Waals surface area contributed by atoms with Crippen LogP contribution < -0.4 is 5.56 Å². The highest BCUT2D eigenvalue weighted by Crippen LogP contribution is 2.45. The molecule has 0 bridgehead atoms. The third-order valence-electron chi connectivity index (χ3n) is 14.2. The molecule has 10 aromatic carbocycles. The first-order chi connectivity index (χ1) is 32.7. The van der Waals surface area contributed by atoms with E-state index in [1.165, 1.54) is 43.7 Å². The van der Waals surface area contributed by atoms with Crippen LogP contribution in [0.3, 0.4) is 0 Å². The van der Waals surface area contributed by atoms with E-state index in [0.717, 1.165) is 88.1 Å².